The molecule has 33 heavy (non-hydrogen) atoms. The molecule has 2 aromatic heterocycles. The predicted octanol–water partition coefficient (Wildman–Crippen LogP) is 1.98. The van der Waals surface area contributed by atoms with E-state index in [0.717, 1.165) is 55.4 Å². The molecular weight excluding hydrogens is 416 g/mol. The minimum atomic E-state index is -0.171. The summed E-state index contributed by atoms with van der Waals surface area (Å²) >= 11 is 0. The largest absolute Gasteiger partial charge is 0.367 e. The molecular formula is C24H32N8O. The SMILES string of the molecule is C[C@@H]1CN(c2ccc(Nc3ncc4c(n3)N3C(C4)C(=O)NCC34CCCCC4)nc2)CCN1. The highest BCUT2D eigenvalue weighted by Gasteiger charge is 2.51. The molecule has 2 saturated heterocycles. The first-order valence-corrected chi connectivity index (χ1v) is 12.3. The predicted molar refractivity (Wildman–Crippen MR) is 128 cm³/mol. The molecule has 5 heterocycles. The lowest BCUT2D eigenvalue weighted by molar-refractivity contribution is -0.124. The molecule has 3 N–H and O–H groups in total. The molecule has 9 nitrogen and oxygen atoms in total. The van der Waals surface area contributed by atoms with Crippen molar-refractivity contribution in [3.05, 3.63) is 30.1 Å². The number of carbonyl (C=O) groups is 1. The molecule has 3 fully saturated rings. The summed E-state index contributed by atoms with van der Waals surface area (Å²) in [6, 6.07) is 4.39. The fourth-order valence-electron chi connectivity index (χ4n) is 6.03. The maximum absolute atomic E-state index is 12.7. The van der Waals surface area contributed by atoms with Gasteiger partial charge in [0.25, 0.3) is 0 Å². The third kappa shape index (κ3) is 3.68. The number of rotatable bonds is 3. The van der Waals surface area contributed by atoms with Crippen molar-refractivity contribution in [1.82, 2.24) is 25.6 Å². The third-order valence-electron chi connectivity index (χ3n) is 7.71. The Morgan fingerprint density at radius 2 is 2.03 bits per heavy atom. The van der Waals surface area contributed by atoms with E-state index in [9.17, 15) is 4.79 Å². The third-order valence-corrected chi connectivity index (χ3v) is 7.71. The first kappa shape index (κ1) is 20.7. The van der Waals surface area contributed by atoms with E-state index in [1.54, 1.807) is 0 Å². The van der Waals surface area contributed by atoms with Crippen LogP contribution in [0.4, 0.5) is 23.3 Å². The van der Waals surface area contributed by atoms with Crippen LogP contribution < -0.4 is 25.8 Å². The Labute approximate surface area is 194 Å². The molecule has 2 atom stereocenters. The van der Waals surface area contributed by atoms with Gasteiger partial charge in [-0.3, -0.25) is 4.79 Å². The summed E-state index contributed by atoms with van der Waals surface area (Å²) in [6.07, 6.45) is 10.3. The average molecular weight is 449 g/mol. The van der Waals surface area contributed by atoms with Crippen LogP contribution in [0.3, 0.4) is 0 Å². The number of hydrogen-bond acceptors (Lipinski definition) is 8. The monoisotopic (exact) mass is 448 g/mol. The number of carbonyl (C=O) groups excluding carboxylic acids is 1. The summed E-state index contributed by atoms with van der Waals surface area (Å²) in [5.74, 6) is 2.28. The second kappa shape index (κ2) is 8.13. The van der Waals surface area contributed by atoms with Crippen LogP contribution in [0.2, 0.25) is 0 Å². The van der Waals surface area contributed by atoms with Crippen molar-refractivity contribution in [2.24, 2.45) is 0 Å². The van der Waals surface area contributed by atoms with Crippen molar-refractivity contribution in [3.8, 4) is 0 Å². The standard InChI is InChI=1S/C24H32N8O/c1-16-14-31(10-9-25-16)18-5-6-20(26-13-18)29-23-27-12-17-11-19-22(33)28-15-24(7-3-2-4-8-24)32(19)21(17)30-23/h5-6,12-13,16,19,25H,2-4,7-11,14-15H2,1H3,(H,28,33)(H,26,27,29,30)/t16-,19?/m1/s1. The van der Waals surface area contributed by atoms with E-state index in [-0.39, 0.29) is 17.5 Å². The van der Waals surface area contributed by atoms with Gasteiger partial charge in [-0.15, -0.1) is 0 Å². The zero-order valence-corrected chi connectivity index (χ0v) is 19.2. The molecule has 1 amide bonds. The lowest BCUT2D eigenvalue weighted by Crippen LogP contribution is -2.67. The molecule has 174 valence electrons. The Morgan fingerprint density at radius 3 is 2.82 bits per heavy atom. The Balaban J connectivity index is 1.23. The number of nitrogens with zero attached hydrogens (tertiary/aromatic N) is 5. The van der Waals surface area contributed by atoms with Crippen LogP contribution >= 0.6 is 0 Å². The first-order valence-electron chi connectivity index (χ1n) is 12.3. The highest BCUT2D eigenvalue weighted by atomic mass is 16.2. The van der Waals surface area contributed by atoms with Gasteiger partial charge in [0.15, 0.2) is 0 Å². The summed E-state index contributed by atoms with van der Waals surface area (Å²) in [6.45, 7) is 5.87. The summed E-state index contributed by atoms with van der Waals surface area (Å²) in [5.41, 5.74) is 2.17. The van der Waals surface area contributed by atoms with Gasteiger partial charge in [0.05, 0.1) is 17.4 Å². The summed E-state index contributed by atoms with van der Waals surface area (Å²) in [4.78, 5) is 31.4. The number of aromatic nitrogens is 3. The van der Waals surface area contributed by atoms with Gasteiger partial charge in [0.2, 0.25) is 11.9 Å². The quantitative estimate of drug-likeness (QED) is 0.656. The maximum Gasteiger partial charge on any atom is 0.243 e. The zero-order chi connectivity index (χ0) is 22.4. The van der Waals surface area contributed by atoms with Crippen molar-refractivity contribution in [3.63, 3.8) is 0 Å². The van der Waals surface area contributed by atoms with E-state index < -0.39 is 0 Å². The summed E-state index contributed by atoms with van der Waals surface area (Å²) in [7, 11) is 0. The first-order chi connectivity index (χ1) is 16.1. The van der Waals surface area contributed by atoms with Crippen molar-refractivity contribution < 1.29 is 4.79 Å². The van der Waals surface area contributed by atoms with Crippen LogP contribution in [0.1, 0.15) is 44.6 Å². The fourth-order valence-corrected chi connectivity index (χ4v) is 6.03. The molecule has 1 unspecified atom stereocenters. The van der Waals surface area contributed by atoms with Gasteiger partial charge < -0.3 is 25.8 Å². The fraction of sp³-hybridized carbons (Fsp3) is 0.583. The number of hydrogen-bond donors (Lipinski definition) is 3. The molecule has 3 aliphatic heterocycles. The molecule has 0 aromatic carbocycles. The average Bonchev–Trinajstić information content (AvgIpc) is 3.24. The number of pyridine rings is 1. The molecule has 9 heteroatoms. The van der Waals surface area contributed by atoms with Gasteiger partial charge in [-0.1, -0.05) is 19.3 Å². The van der Waals surface area contributed by atoms with Gasteiger partial charge in [-0.05, 0) is 31.9 Å². The molecule has 1 aliphatic carbocycles. The van der Waals surface area contributed by atoms with E-state index in [4.69, 9.17) is 4.98 Å². The second-order valence-electron chi connectivity index (χ2n) is 9.96. The van der Waals surface area contributed by atoms with Crippen LogP contribution in [-0.4, -0.2) is 64.7 Å². The number of fused-ring (bicyclic) bond motifs is 4. The topological polar surface area (TPSA) is 98.3 Å². The van der Waals surface area contributed by atoms with Gasteiger partial charge in [0.1, 0.15) is 17.7 Å². The molecule has 2 aromatic rings. The van der Waals surface area contributed by atoms with Crippen molar-refractivity contribution in [2.45, 2.75) is 63.1 Å². The number of nitrogens with one attached hydrogen (secondary N) is 3. The molecule has 0 bridgehead atoms. The maximum atomic E-state index is 12.7. The van der Waals surface area contributed by atoms with Crippen molar-refractivity contribution >= 4 is 29.2 Å². The summed E-state index contributed by atoms with van der Waals surface area (Å²) in [5, 5.41) is 9.93. The summed E-state index contributed by atoms with van der Waals surface area (Å²) < 4.78 is 0. The molecule has 1 spiro atoms. The second-order valence-corrected chi connectivity index (χ2v) is 9.96. The zero-order valence-electron chi connectivity index (χ0n) is 19.2. The van der Waals surface area contributed by atoms with E-state index >= 15 is 0 Å². The molecule has 1 saturated carbocycles. The Kier molecular flexibility index (Phi) is 5.09. The lowest BCUT2D eigenvalue weighted by Gasteiger charge is -2.51. The highest BCUT2D eigenvalue weighted by molar-refractivity contribution is 5.90. The molecule has 6 rings (SSSR count). The number of amides is 1. The van der Waals surface area contributed by atoms with Gasteiger partial charge >= 0.3 is 0 Å². The van der Waals surface area contributed by atoms with Gasteiger partial charge in [0, 0.05) is 50.4 Å². The highest BCUT2D eigenvalue weighted by Crippen LogP contribution is 2.44. The number of anilines is 4. The van der Waals surface area contributed by atoms with Crippen molar-refractivity contribution in [2.75, 3.05) is 41.3 Å². The minimum absolute atomic E-state index is 0.0198. The van der Waals surface area contributed by atoms with E-state index in [2.05, 4.69) is 48.7 Å². The normalized spacial score (nSPS) is 26.0. The van der Waals surface area contributed by atoms with Crippen LogP contribution in [0.25, 0.3) is 0 Å². The Hall–Kier alpha value is -2.94. The Morgan fingerprint density at radius 1 is 1.15 bits per heavy atom. The van der Waals surface area contributed by atoms with Crippen LogP contribution in [0.15, 0.2) is 24.5 Å². The molecule has 4 aliphatic rings. The smallest absolute Gasteiger partial charge is 0.243 e. The van der Waals surface area contributed by atoms with Gasteiger partial charge in [-0.25, -0.2) is 9.97 Å². The van der Waals surface area contributed by atoms with E-state index in [0.29, 0.717) is 25.0 Å². The van der Waals surface area contributed by atoms with Crippen LogP contribution in [0, 0.1) is 0 Å². The van der Waals surface area contributed by atoms with Crippen LogP contribution in [0.5, 0.6) is 0 Å². The van der Waals surface area contributed by atoms with E-state index in [1.165, 1.54) is 19.3 Å². The lowest BCUT2D eigenvalue weighted by atomic mass is 9.78. The number of piperazine rings is 2. The van der Waals surface area contributed by atoms with E-state index in [1.807, 2.05) is 18.5 Å². The van der Waals surface area contributed by atoms with Crippen molar-refractivity contribution in [1.29, 1.82) is 0 Å². The minimum Gasteiger partial charge on any atom is -0.367 e. The Bertz CT molecular complexity index is 1040. The van der Waals surface area contributed by atoms with Crippen LogP contribution in [-0.2, 0) is 11.2 Å². The molecule has 0 radical (unpaired) electrons. The van der Waals surface area contributed by atoms with Gasteiger partial charge in [-0.2, -0.15) is 4.98 Å².